The van der Waals surface area contributed by atoms with E-state index in [1.807, 2.05) is 6.07 Å². The third-order valence-corrected chi connectivity index (χ3v) is 6.76. The lowest BCUT2D eigenvalue weighted by Gasteiger charge is -2.09. The molecule has 0 bridgehead atoms. The van der Waals surface area contributed by atoms with Crippen molar-refractivity contribution in [2.45, 2.75) is 4.83 Å². The van der Waals surface area contributed by atoms with Gasteiger partial charge >= 0.3 is 0 Å². The lowest BCUT2D eigenvalue weighted by atomic mass is 10.1. The fourth-order valence-electron chi connectivity index (χ4n) is 1.35. The van der Waals surface area contributed by atoms with Crippen LogP contribution in [0.25, 0.3) is 0 Å². The largest absolute Gasteiger partial charge is 0.207 e. The fraction of sp³-hybridized carbons (Fsp3) is 0.0909. The number of benzene rings is 1. The highest BCUT2D eigenvalue weighted by atomic mass is 79.9. The summed E-state index contributed by atoms with van der Waals surface area (Å²) < 4.78 is 28.5. The van der Waals surface area contributed by atoms with Crippen LogP contribution < -0.4 is 0 Å². The van der Waals surface area contributed by atoms with Gasteiger partial charge in [0.1, 0.15) is 11.6 Å². The van der Waals surface area contributed by atoms with Crippen molar-refractivity contribution in [3.05, 3.63) is 54.6 Å². The van der Waals surface area contributed by atoms with Crippen molar-refractivity contribution >= 4 is 59.1 Å². The molecule has 0 fully saturated rings. The van der Waals surface area contributed by atoms with E-state index >= 15 is 0 Å². The van der Waals surface area contributed by atoms with Gasteiger partial charge in [-0.25, -0.2) is 8.78 Å². The zero-order valence-electron chi connectivity index (χ0n) is 8.18. The summed E-state index contributed by atoms with van der Waals surface area (Å²) in [7, 11) is 0. The first kappa shape index (κ1) is 13.6. The maximum absolute atomic E-state index is 13.6. The van der Waals surface area contributed by atoms with Gasteiger partial charge in [-0.15, -0.1) is 11.3 Å². The number of thiophene rings is 1. The molecule has 0 N–H and O–H groups in total. The average molecular weight is 447 g/mol. The third-order valence-electron chi connectivity index (χ3n) is 2.15. The van der Waals surface area contributed by atoms with Gasteiger partial charge in [-0.05, 0) is 56.1 Å². The van der Waals surface area contributed by atoms with Crippen LogP contribution in [0, 0.1) is 11.6 Å². The number of alkyl halides is 1. The van der Waals surface area contributed by atoms with Gasteiger partial charge in [0.05, 0.1) is 8.61 Å². The summed E-state index contributed by atoms with van der Waals surface area (Å²) in [6.07, 6.45) is 0. The molecular weight excluding hydrogens is 442 g/mol. The van der Waals surface area contributed by atoms with E-state index in [-0.39, 0.29) is 4.83 Å². The molecule has 1 aromatic carbocycles. The molecule has 0 spiro atoms. The summed E-state index contributed by atoms with van der Waals surface area (Å²) in [6.45, 7) is 0. The second-order valence-electron chi connectivity index (χ2n) is 3.30. The van der Waals surface area contributed by atoms with Crippen molar-refractivity contribution in [2.24, 2.45) is 0 Å². The van der Waals surface area contributed by atoms with Crippen molar-refractivity contribution in [1.82, 2.24) is 0 Å². The van der Waals surface area contributed by atoms with Crippen LogP contribution in [0.5, 0.6) is 0 Å². The minimum absolute atomic E-state index is 0.297. The van der Waals surface area contributed by atoms with Crippen LogP contribution in [0.3, 0.4) is 0 Å². The lowest BCUT2D eigenvalue weighted by molar-refractivity contribution is 0.588. The van der Waals surface area contributed by atoms with E-state index in [0.29, 0.717) is 5.56 Å². The highest BCUT2D eigenvalue weighted by Gasteiger charge is 2.18. The molecule has 0 nitrogen and oxygen atoms in total. The smallest absolute Gasteiger partial charge is 0.128 e. The van der Waals surface area contributed by atoms with Gasteiger partial charge in [0.2, 0.25) is 0 Å². The highest BCUT2D eigenvalue weighted by molar-refractivity contribution is 9.13. The van der Waals surface area contributed by atoms with E-state index in [2.05, 4.69) is 47.8 Å². The van der Waals surface area contributed by atoms with Gasteiger partial charge in [0, 0.05) is 14.9 Å². The summed E-state index contributed by atoms with van der Waals surface area (Å²) in [4.78, 5) is 0.541. The van der Waals surface area contributed by atoms with Crippen LogP contribution >= 0.6 is 59.1 Å². The first-order chi connectivity index (χ1) is 7.99. The number of rotatable bonds is 2. The standard InChI is InChI=1S/C11H5Br3F2S/c12-7-4-9(17-11(7)14)10(13)6-3-5(15)1-2-8(6)16/h1-4,10H. The van der Waals surface area contributed by atoms with Crippen molar-refractivity contribution in [3.63, 3.8) is 0 Å². The van der Waals surface area contributed by atoms with Crippen LogP contribution in [0.4, 0.5) is 8.78 Å². The zero-order valence-corrected chi connectivity index (χ0v) is 13.8. The minimum Gasteiger partial charge on any atom is -0.207 e. The second-order valence-corrected chi connectivity index (χ2v) is 7.47. The van der Waals surface area contributed by atoms with Gasteiger partial charge < -0.3 is 0 Å². The third kappa shape index (κ3) is 2.97. The monoisotopic (exact) mass is 444 g/mol. The van der Waals surface area contributed by atoms with Crippen LogP contribution in [0.1, 0.15) is 15.3 Å². The van der Waals surface area contributed by atoms with Crippen LogP contribution in [0.2, 0.25) is 0 Å². The molecule has 1 aromatic heterocycles. The first-order valence-corrected chi connectivity index (χ1v) is 7.84. The molecule has 0 radical (unpaired) electrons. The summed E-state index contributed by atoms with van der Waals surface area (Å²) in [5, 5.41) is 0. The predicted octanol–water partition coefficient (Wildman–Crippen LogP) is 6.04. The molecule has 0 aliphatic heterocycles. The van der Waals surface area contributed by atoms with E-state index in [4.69, 9.17) is 0 Å². The number of hydrogen-bond donors (Lipinski definition) is 0. The van der Waals surface area contributed by atoms with Crippen molar-refractivity contribution in [1.29, 1.82) is 0 Å². The lowest BCUT2D eigenvalue weighted by Crippen LogP contribution is -1.95. The van der Waals surface area contributed by atoms with Gasteiger partial charge in [-0.3, -0.25) is 0 Å². The molecule has 0 amide bonds. The fourth-order valence-corrected chi connectivity index (χ4v) is 4.20. The Hall–Kier alpha value is 0.220. The average Bonchev–Trinajstić information content (AvgIpc) is 2.62. The summed E-state index contributed by atoms with van der Waals surface area (Å²) in [5.74, 6) is -0.866. The van der Waals surface area contributed by atoms with E-state index in [9.17, 15) is 8.78 Å². The molecule has 1 unspecified atom stereocenters. The van der Waals surface area contributed by atoms with Gasteiger partial charge in [-0.2, -0.15) is 0 Å². The normalized spacial score (nSPS) is 12.8. The Balaban J connectivity index is 2.42. The minimum atomic E-state index is -0.444. The Labute approximate surface area is 126 Å². The van der Waals surface area contributed by atoms with Gasteiger partial charge in [0.15, 0.2) is 0 Å². The number of hydrogen-bond acceptors (Lipinski definition) is 1. The summed E-state index contributed by atoms with van der Waals surface area (Å²) in [5.41, 5.74) is 0.297. The molecule has 2 aromatic rings. The predicted molar refractivity (Wildman–Crippen MR) is 76.8 cm³/mol. The Morgan fingerprint density at radius 3 is 2.41 bits per heavy atom. The Bertz CT molecular complexity index is 534. The molecule has 1 atom stereocenters. The SMILES string of the molecule is Fc1ccc(F)c(C(Br)c2cc(Br)c(Br)s2)c1. The van der Waals surface area contributed by atoms with E-state index < -0.39 is 11.6 Å². The molecule has 6 heteroatoms. The van der Waals surface area contributed by atoms with Crippen LogP contribution in [-0.4, -0.2) is 0 Å². The van der Waals surface area contributed by atoms with Crippen LogP contribution in [0.15, 0.2) is 32.5 Å². The van der Waals surface area contributed by atoms with Crippen molar-refractivity contribution in [3.8, 4) is 0 Å². The molecular formula is C11H5Br3F2S. The highest BCUT2D eigenvalue weighted by Crippen LogP contribution is 2.42. The second kappa shape index (κ2) is 5.47. The zero-order chi connectivity index (χ0) is 12.6. The van der Waals surface area contributed by atoms with Gasteiger partial charge in [-0.1, -0.05) is 15.9 Å². The van der Waals surface area contributed by atoms with E-state index in [1.54, 1.807) is 0 Å². The van der Waals surface area contributed by atoms with Crippen molar-refractivity contribution < 1.29 is 8.78 Å². The van der Waals surface area contributed by atoms with E-state index in [1.165, 1.54) is 17.4 Å². The molecule has 1 heterocycles. The molecule has 17 heavy (non-hydrogen) atoms. The first-order valence-electron chi connectivity index (χ1n) is 4.53. The molecule has 0 saturated carbocycles. The van der Waals surface area contributed by atoms with Crippen LogP contribution in [-0.2, 0) is 0 Å². The number of halogens is 5. The van der Waals surface area contributed by atoms with E-state index in [0.717, 1.165) is 25.3 Å². The molecule has 90 valence electrons. The van der Waals surface area contributed by atoms with Gasteiger partial charge in [0.25, 0.3) is 0 Å². The summed E-state index contributed by atoms with van der Waals surface area (Å²) in [6, 6.07) is 5.32. The molecule has 0 aliphatic carbocycles. The Kier molecular flexibility index (Phi) is 4.39. The molecule has 2 rings (SSSR count). The molecule has 0 saturated heterocycles. The maximum atomic E-state index is 13.6. The Morgan fingerprint density at radius 2 is 1.82 bits per heavy atom. The van der Waals surface area contributed by atoms with Crippen molar-refractivity contribution in [2.75, 3.05) is 0 Å². The Morgan fingerprint density at radius 1 is 1.12 bits per heavy atom. The topological polar surface area (TPSA) is 0 Å². The molecule has 0 aliphatic rings. The quantitative estimate of drug-likeness (QED) is 0.494. The summed E-state index contributed by atoms with van der Waals surface area (Å²) >= 11 is 11.6. The maximum Gasteiger partial charge on any atom is 0.128 e.